The number of aromatic nitrogens is 3. The predicted molar refractivity (Wildman–Crippen MR) is 132 cm³/mol. The zero-order valence-corrected chi connectivity index (χ0v) is 20.3. The Balaban J connectivity index is 1.49. The molecule has 0 aliphatic carbocycles. The van der Waals surface area contributed by atoms with Gasteiger partial charge in [-0.15, -0.1) is 10.2 Å². The molecule has 0 saturated carbocycles. The minimum Gasteiger partial charge on any atom is -0.493 e. The highest BCUT2D eigenvalue weighted by molar-refractivity contribution is 7.99. The van der Waals surface area contributed by atoms with Crippen molar-refractivity contribution in [2.75, 3.05) is 25.3 Å². The Morgan fingerprint density at radius 2 is 1.88 bits per heavy atom. The van der Waals surface area contributed by atoms with Gasteiger partial charge >= 0.3 is 0 Å². The zero-order valence-electron chi connectivity index (χ0n) is 19.5. The minimum atomic E-state index is -0.274. The molecule has 2 aromatic carbocycles. The van der Waals surface area contributed by atoms with Crippen molar-refractivity contribution in [3.8, 4) is 11.5 Å². The summed E-state index contributed by atoms with van der Waals surface area (Å²) in [5.41, 5.74) is 2.63. The smallest absolute Gasteiger partial charge is 0.244 e. The summed E-state index contributed by atoms with van der Waals surface area (Å²) < 4.78 is 12.2. The predicted octanol–water partition coefficient (Wildman–Crippen LogP) is 3.20. The molecule has 0 aliphatic heterocycles. The van der Waals surface area contributed by atoms with Crippen molar-refractivity contribution in [1.29, 1.82) is 0 Å². The number of carbonyl (C=O) groups excluding carboxylic acids is 2. The second-order valence-electron chi connectivity index (χ2n) is 7.33. The number of anilines is 1. The maximum Gasteiger partial charge on any atom is 0.244 e. The van der Waals surface area contributed by atoms with Crippen molar-refractivity contribution < 1.29 is 19.1 Å². The highest BCUT2D eigenvalue weighted by atomic mass is 32.2. The summed E-state index contributed by atoms with van der Waals surface area (Å²) in [6.45, 7) is 2.17. The zero-order chi connectivity index (χ0) is 24.5. The Labute approximate surface area is 202 Å². The number of nitrogens with zero attached hydrogens (tertiary/aromatic N) is 3. The van der Waals surface area contributed by atoms with Crippen LogP contribution in [0.1, 0.15) is 17.0 Å². The van der Waals surface area contributed by atoms with Crippen LogP contribution in [0.5, 0.6) is 11.5 Å². The lowest BCUT2D eigenvalue weighted by atomic mass is 10.2. The number of ether oxygens (including phenoxy) is 2. The topological polar surface area (TPSA) is 107 Å². The van der Waals surface area contributed by atoms with Gasteiger partial charge in [-0.1, -0.05) is 30.0 Å². The maximum atomic E-state index is 12.2. The lowest BCUT2D eigenvalue weighted by Gasteiger charge is -2.07. The van der Waals surface area contributed by atoms with E-state index in [1.807, 2.05) is 37.3 Å². The first kappa shape index (κ1) is 24.8. The molecule has 3 aromatic rings. The number of thioether (sulfide) groups is 1. The first-order valence-electron chi connectivity index (χ1n) is 10.4. The molecule has 34 heavy (non-hydrogen) atoms. The van der Waals surface area contributed by atoms with Gasteiger partial charge in [-0.3, -0.25) is 9.59 Å². The summed E-state index contributed by atoms with van der Waals surface area (Å²) >= 11 is 1.28. The number of amides is 2. The van der Waals surface area contributed by atoms with Crippen LogP contribution in [0.25, 0.3) is 6.08 Å². The number of methoxy groups -OCH3 is 2. The van der Waals surface area contributed by atoms with E-state index in [4.69, 9.17) is 9.47 Å². The number of nitrogens with one attached hydrogen (secondary N) is 2. The van der Waals surface area contributed by atoms with Crippen LogP contribution in [0.3, 0.4) is 0 Å². The van der Waals surface area contributed by atoms with Gasteiger partial charge in [0.2, 0.25) is 11.8 Å². The van der Waals surface area contributed by atoms with E-state index >= 15 is 0 Å². The SMILES string of the molecule is COc1ccc(C=CC(=O)NCc2nnc(SCC(=O)Nc3cccc(C)c3)n2C)cc1OC. The van der Waals surface area contributed by atoms with Crippen molar-refractivity contribution in [3.05, 3.63) is 65.5 Å². The fraction of sp³-hybridized carbons (Fsp3) is 0.250. The second kappa shape index (κ2) is 11.9. The Morgan fingerprint density at radius 3 is 2.62 bits per heavy atom. The summed E-state index contributed by atoms with van der Waals surface area (Å²) in [7, 11) is 4.92. The fourth-order valence-electron chi connectivity index (χ4n) is 3.03. The van der Waals surface area contributed by atoms with Crippen LogP contribution in [0, 0.1) is 6.92 Å². The third kappa shape index (κ3) is 6.85. The van der Waals surface area contributed by atoms with E-state index in [0.29, 0.717) is 22.5 Å². The van der Waals surface area contributed by atoms with E-state index < -0.39 is 0 Å². The van der Waals surface area contributed by atoms with E-state index in [1.54, 1.807) is 44.0 Å². The average molecular weight is 482 g/mol. The normalized spacial score (nSPS) is 10.8. The molecule has 1 heterocycles. The summed E-state index contributed by atoms with van der Waals surface area (Å²) in [5.74, 6) is 1.57. The Kier molecular flexibility index (Phi) is 8.69. The number of aryl methyl sites for hydroxylation is 1. The highest BCUT2D eigenvalue weighted by Crippen LogP contribution is 2.28. The van der Waals surface area contributed by atoms with Crippen molar-refractivity contribution in [2.24, 2.45) is 7.05 Å². The largest absolute Gasteiger partial charge is 0.493 e. The first-order valence-corrected chi connectivity index (χ1v) is 11.4. The highest BCUT2D eigenvalue weighted by Gasteiger charge is 2.12. The van der Waals surface area contributed by atoms with Crippen LogP contribution < -0.4 is 20.1 Å². The molecule has 3 rings (SSSR count). The second-order valence-corrected chi connectivity index (χ2v) is 8.27. The average Bonchev–Trinajstić information content (AvgIpc) is 3.19. The van der Waals surface area contributed by atoms with E-state index in [0.717, 1.165) is 16.8 Å². The molecule has 0 aliphatic rings. The summed E-state index contributed by atoms with van der Waals surface area (Å²) in [4.78, 5) is 24.5. The molecule has 10 heteroatoms. The molecule has 0 unspecified atom stereocenters. The quantitative estimate of drug-likeness (QED) is 0.338. The number of carbonyl (C=O) groups is 2. The standard InChI is InChI=1S/C24H27N5O4S/c1-16-6-5-7-18(12-16)26-23(31)15-34-24-28-27-21(29(24)2)14-25-22(30)11-9-17-8-10-19(32-3)20(13-17)33-4/h5-13H,14-15H2,1-4H3,(H,25,30)(H,26,31). The van der Waals surface area contributed by atoms with Crippen molar-refractivity contribution in [3.63, 3.8) is 0 Å². The molecular weight excluding hydrogens is 454 g/mol. The molecule has 2 amide bonds. The lowest BCUT2D eigenvalue weighted by molar-refractivity contribution is -0.116. The van der Waals surface area contributed by atoms with Crippen LogP contribution in [-0.2, 0) is 23.2 Å². The number of hydrogen-bond donors (Lipinski definition) is 2. The first-order chi connectivity index (χ1) is 16.4. The van der Waals surface area contributed by atoms with Crippen LogP contribution in [0.4, 0.5) is 5.69 Å². The van der Waals surface area contributed by atoms with E-state index in [2.05, 4.69) is 20.8 Å². The lowest BCUT2D eigenvalue weighted by Crippen LogP contribution is -2.22. The van der Waals surface area contributed by atoms with Crippen molar-refractivity contribution >= 4 is 35.3 Å². The Morgan fingerprint density at radius 1 is 1.09 bits per heavy atom. The molecule has 0 fully saturated rings. The fourth-order valence-corrected chi connectivity index (χ4v) is 3.76. The van der Waals surface area contributed by atoms with Gasteiger partial charge in [-0.05, 0) is 48.4 Å². The van der Waals surface area contributed by atoms with Crippen LogP contribution in [-0.4, -0.2) is 46.6 Å². The van der Waals surface area contributed by atoms with Gasteiger partial charge in [0.05, 0.1) is 26.5 Å². The van der Waals surface area contributed by atoms with Crippen LogP contribution >= 0.6 is 11.8 Å². The van der Waals surface area contributed by atoms with Crippen LogP contribution in [0.2, 0.25) is 0 Å². The number of rotatable bonds is 10. The third-order valence-corrected chi connectivity index (χ3v) is 5.83. The molecule has 0 spiro atoms. The number of hydrogen-bond acceptors (Lipinski definition) is 7. The molecule has 0 bridgehead atoms. The van der Waals surface area contributed by atoms with Crippen molar-refractivity contribution in [1.82, 2.24) is 20.1 Å². The Bertz CT molecular complexity index is 1190. The van der Waals surface area contributed by atoms with E-state index in [9.17, 15) is 9.59 Å². The third-order valence-electron chi connectivity index (χ3n) is 4.81. The van der Waals surface area contributed by atoms with Gasteiger partial charge in [0.15, 0.2) is 22.5 Å². The molecule has 2 N–H and O–H groups in total. The molecule has 178 valence electrons. The summed E-state index contributed by atoms with van der Waals surface area (Å²) in [5, 5.41) is 14.5. The van der Waals surface area contributed by atoms with E-state index in [1.165, 1.54) is 17.8 Å². The van der Waals surface area contributed by atoms with Gasteiger partial charge in [0.25, 0.3) is 0 Å². The van der Waals surface area contributed by atoms with Gasteiger partial charge in [0.1, 0.15) is 0 Å². The van der Waals surface area contributed by atoms with Gasteiger partial charge in [-0.25, -0.2) is 0 Å². The van der Waals surface area contributed by atoms with Gasteiger partial charge < -0.3 is 24.7 Å². The number of benzene rings is 2. The van der Waals surface area contributed by atoms with Gasteiger partial charge in [0, 0.05) is 18.8 Å². The van der Waals surface area contributed by atoms with E-state index in [-0.39, 0.29) is 24.1 Å². The summed E-state index contributed by atoms with van der Waals surface area (Å²) in [6, 6.07) is 13.0. The van der Waals surface area contributed by atoms with Crippen LogP contribution in [0.15, 0.2) is 53.7 Å². The summed E-state index contributed by atoms with van der Waals surface area (Å²) in [6.07, 6.45) is 3.12. The van der Waals surface area contributed by atoms with Crippen molar-refractivity contribution in [2.45, 2.75) is 18.6 Å². The molecule has 9 nitrogen and oxygen atoms in total. The Hall–Kier alpha value is -3.79. The molecule has 0 radical (unpaired) electrons. The molecule has 1 aromatic heterocycles. The minimum absolute atomic E-state index is 0.131. The monoisotopic (exact) mass is 481 g/mol. The molecule has 0 saturated heterocycles. The van der Waals surface area contributed by atoms with Gasteiger partial charge in [-0.2, -0.15) is 0 Å². The molecular formula is C24H27N5O4S. The maximum absolute atomic E-state index is 12.2. The molecule has 0 atom stereocenters.